The third-order valence-electron chi connectivity index (χ3n) is 6.91. The van der Waals surface area contributed by atoms with Crippen LogP contribution in [-0.2, 0) is 4.79 Å². The first-order valence-corrected chi connectivity index (χ1v) is 12.8. The van der Waals surface area contributed by atoms with Crippen molar-refractivity contribution in [3.63, 3.8) is 0 Å². The van der Waals surface area contributed by atoms with E-state index in [-0.39, 0.29) is 29.4 Å². The van der Waals surface area contributed by atoms with E-state index < -0.39 is 23.9 Å². The van der Waals surface area contributed by atoms with Crippen molar-refractivity contribution in [3.05, 3.63) is 42.2 Å². The molecule has 202 valence electrons. The number of fused-ring (bicyclic) bond motifs is 1. The lowest BCUT2D eigenvalue weighted by molar-refractivity contribution is -0.125. The average Bonchev–Trinajstić information content (AvgIpc) is 3.61. The number of hydrogen-bond acceptors (Lipinski definition) is 9. The van der Waals surface area contributed by atoms with E-state index in [0.717, 1.165) is 50.4 Å². The molecule has 2 aliphatic carbocycles. The van der Waals surface area contributed by atoms with Crippen LogP contribution in [0.15, 0.2) is 30.7 Å². The summed E-state index contributed by atoms with van der Waals surface area (Å²) in [6.07, 6.45) is 8.13. The molecule has 3 aromatic rings. The van der Waals surface area contributed by atoms with Gasteiger partial charge in [-0.15, -0.1) is 5.10 Å². The Morgan fingerprint density at radius 3 is 2.45 bits per heavy atom. The number of aliphatic hydroxyl groups is 1. The zero-order valence-electron chi connectivity index (χ0n) is 21.0. The molecule has 2 saturated carbocycles. The summed E-state index contributed by atoms with van der Waals surface area (Å²) < 4.78 is 15.5. The molecule has 0 spiro atoms. The molecule has 3 aromatic heterocycles. The van der Waals surface area contributed by atoms with Gasteiger partial charge in [0.05, 0.1) is 29.9 Å². The van der Waals surface area contributed by atoms with Crippen molar-refractivity contribution in [1.82, 2.24) is 24.9 Å². The third-order valence-corrected chi connectivity index (χ3v) is 6.91. The van der Waals surface area contributed by atoms with Gasteiger partial charge in [0.15, 0.2) is 17.2 Å². The first-order valence-electron chi connectivity index (χ1n) is 12.8. The summed E-state index contributed by atoms with van der Waals surface area (Å²) in [7, 11) is 0. The van der Waals surface area contributed by atoms with E-state index in [9.17, 15) is 19.1 Å². The van der Waals surface area contributed by atoms with E-state index >= 15 is 0 Å². The number of halogens is 1. The molecule has 0 radical (unpaired) electrons. The van der Waals surface area contributed by atoms with Crippen molar-refractivity contribution in [3.8, 4) is 0 Å². The van der Waals surface area contributed by atoms with Crippen LogP contribution >= 0.6 is 0 Å². The molecule has 2 aliphatic rings. The summed E-state index contributed by atoms with van der Waals surface area (Å²) in [6.45, 7) is 1.49. The molecule has 13 heteroatoms. The average molecular weight is 526 g/mol. The van der Waals surface area contributed by atoms with Crippen molar-refractivity contribution in [2.24, 2.45) is 5.73 Å². The highest BCUT2D eigenvalue weighted by Gasteiger charge is 2.28. The standard InChI is InChI=1S/C25H32FN9O3/c1-13(36)22(27)25(38)32-16-6-4-15(5-7-16)31-21-10-19(30-14-2-3-14)23-29-12-20(35(23)34-21)24(37)33-18-8-9-28-11-17(18)26/h8-16,22,30,36H,2-7,27H2,1H3,(H,31,34)(H,32,38)(H,28,33,37)/t13-,15-,16-,22+/m0/s1. The van der Waals surface area contributed by atoms with Crippen molar-refractivity contribution in [2.75, 3.05) is 16.0 Å². The van der Waals surface area contributed by atoms with Crippen molar-refractivity contribution < 1.29 is 19.1 Å². The molecular formula is C25H32FN9O3. The number of carbonyl (C=O) groups excluding carboxylic acids is 2. The third kappa shape index (κ3) is 5.83. The first-order chi connectivity index (χ1) is 18.3. The quantitative estimate of drug-likeness (QED) is 0.243. The van der Waals surface area contributed by atoms with E-state index in [2.05, 4.69) is 36.3 Å². The van der Waals surface area contributed by atoms with Crippen LogP contribution in [-0.4, -0.2) is 66.8 Å². The molecule has 12 nitrogen and oxygen atoms in total. The Kier molecular flexibility index (Phi) is 7.38. The van der Waals surface area contributed by atoms with Gasteiger partial charge in [-0.25, -0.2) is 13.9 Å². The molecule has 0 bridgehead atoms. The molecule has 7 N–H and O–H groups in total. The van der Waals surface area contributed by atoms with Crippen LogP contribution in [0.5, 0.6) is 0 Å². The fourth-order valence-electron chi connectivity index (χ4n) is 4.52. The van der Waals surface area contributed by atoms with E-state index in [4.69, 9.17) is 5.73 Å². The second kappa shape index (κ2) is 10.9. The highest BCUT2D eigenvalue weighted by Crippen LogP contribution is 2.30. The number of aliphatic hydroxyl groups excluding tert-OH is 1. The lowest BCUT2D eigenvalue weighted by Gasteiger charge is -2.31. The maximum atomic E-state index is 14.0. The summed E-state index contributed by atoms with van der Waals surface area (Å²) in [4.78, 5) is 33.3. The van der Waals surface area contributed by atoms with Gasteiger partial charge >= 0.3 is 0 Å². The van der Waals surface area contributed by atoms with E-state index in [1.165, 1.54) is 29.9 Å². The predicted molar refractivity (Wildman–Crippen MR) is 139 cm³/mol. The Hall–Kier alpha value is -3.84. The number of nitrogens with one attached hydrogen (secondary N) is 4. The Labute approximate surface area is 218 Å². The molecule has 0 saturated heterocycles. The minimum atomic E-state index is -0.948. The van der Waals surface area contributed by atoms with Crippen molar-refractivity contribution in [1.29, 1.82) is 0 Å². The maximum absolute atomic E-state index is 14.0. The second-order valence-electron chi connectivity index (χ2n) is 10.0. The van der Waals surface area contributed by atoms with Crippen LogP contribution in [0.4, 0.5) is 21.6 Å². The molecule has 3 heterocycles. The minimum absolute atomic E-state index is 0.00888. The van der Waals surface area contributed by atoms with Crippen LogP contribution in [0, 0.1) is 5.82 Å². The lowest BCUT2D eigenvalue weighted by atomic mass is 9.91. The molecule has 2 fully saturated rings. The summed E-state index contributed by atoms with van der Waals surface area (Å²) in [5.41, 5.74) is 7.18. The molecule has 38 heavy (non-hydrogen) atoms. The smallest absolute Gasteiger partial charge is 0.276 e. The maximum Gasteiger partial charge on any atom is 0.276 e. The van der Waals surface area contributed by atoms with Gasteiger partial charge in [0, 0.05) is 30.4 Å². The topological polar surface area (TPSA) is 172 Å². The Bertz CT molecular complexity index is 1320. The normalized spacial score (nSPS) is 20.9. The number of imidazole rings is 1. The molecule has 0 unspecified atom stereocenters. The number of hydrogen-bond donors (Lipinski definition) is 6. The fourth-order valence-corrected chi connectivity index (χ4v) is 4.52. The predicted octanol–water partition coefficient (Wildman–Crippen LogP) is 1.64. The molecule has 0 aromatic carbocycles. The number of amides is 2. The van der Waals surface area contributed by atoms with Crippen LogP contribution in [0.2, 0.25) is 0 Å². The monoisotopic (exact) mass is 525 g/mol. The number of nitrogens with zero attached hydrogens (tertiary/aromatic N) is 4. The van der Waals surface area contributed by atoms with Crippen molar-refractivity contribution >= 4 is 34.7 Å². The first kappa shape index (κ1) is 25.8. The van der Waals surface area contributed by atoms with E-state index in [0.29, 0.717) is 17.5 Å². The summed E-state index contributed by atoms with van der Waals surface area (Å²) in [5, 5.41) is 26.6. The SMILES string of the molecule is C[C@H](O)[C@@H](N)C(=O)N[C@H]1CC[C@H](Nc2cc(NC3CC3)c3ncc(C(=O)Nc4ccncc4F)n3n2)CC1. The Morgan fingerprint density at radius 1 is 1.08 bits per heavy atom. The van der Waals surface area contributed by atoms with Crippen LogP contribution in [0.1, 0.15) is 55.9 Å². The fraction of sp³-hybridized carbons (Fsp3) is 0.480. The zero-order valence-corrected chi connectivity index (χ0v) is 21.0. The van der Waals surface area contributed by atoms with Crippen LogP contribution in [0.3, 0.4) is 0 Å². The van der Waals surface area contributed by atoms with Gasteiger partial charge in [-0.3, -0.25) is 14.6 Å². The highest BCUT2D eigenvalue weighted by molar-refractivity contribution is 6.03. The second-order valence-corrected chi connectivity index (χ2v) is 10.0. The summed E-state index contributed by atoms with van der Waals surface area (Å²) >= 11 is 0. The van der Waals surface area contributed by atoms with Gasteiger partial charge < -0.3 is 32.1 Å². The molecule has 5 rings (SSSR count). The number of carbonyl (C=O) groups is 2. The van der Waals surface area contributed by atoms with E-state index in [1.807, 2.05) is 6.07 Å². The van der Waals surface area contributed by atoms with Gasteiger partial charge in [-0.05, 0) is 51.5 Å². The van der Waals surface area contributed by atoms with Crippen molar-refractivity contribution in [2.45, 2.75) is 75.7 Å². The number of pyridine rings is 1. The molecule has 2 atom stereocenters. The van der Waals surface area contributed by atoms with Gasteiger partial charge in [0.25, 0.3) is 5.91 Å². The number of rotatable bonds is 9. The van der Waals surface area contributed by atoms with Crippen LogP contribution in [0.25, 0.3) is 5.65 Å². The van der Waals surface area contributed by atoms with Gasteiger partial charge in [-0.1, -0.05) is 0 Å². The number of anilines is 3. The van der Waals surface area contributed by atoms with Gasteiger partial charge in [-0.2, -0.15) is 0 Å². The Balaban J connectivity index is 1.30. The lowest BCUT2D eigenvalue weighted by Crippen LogP contribution is -2.51. The zero-order chi connectivity index (χ0) is 26.8. The molecular weight excluding hydrogens is 493 g/mol. The minimum Gasteiger partial charge on any atom is -0.391 e. The van der Waals surface area contributed by atoms with Gasteiger partial charge in [0.1, 0.15) is 11.9 Å². The largest absolute Gasteiger partial charge is 0.391 e. The summed E-state index contributed by atoms with van der Waals surface area (Å²) in [6, 6.07) is 2.77. The highest BCUT2D eigenvalue weighted by atomic mass is 19.1. The van der Waals surface area contributed by atoms with E-state index in [1.54, 1.807) is 0 Å². The molecule has 0 aliphatic heterocycles. The van der Waals surface area contributed by atoms with Crippen LogP contribution < -0.4 is 27.0 Å². The summed E-state index contributed by atoms with van der Waals surface area (Å²) in [5.74, 6) is -0.958. The molecule has 2 amide bonds. The Morgan fingerprint density at radius 2 is 1.76 bits per heavy atom. The van der Waals surface area contributed by atoms with Gasteiger partial charge in [0.2, 0.25) is 5.91 Å². The number of aromatic nitrogens is 4. The number of nitrogens with two attached hydrogens (primary N) is 1.